The highest BCUT2D eigenvalue weighted by Crippen LogP contribution is 2.25. The van der Waals surface area contributed by atoms with E-state index in [2.05, 4.69) is 50.9 Å². The second-order valence-corrected chi connectivity index (χ2v) is 6.83. The molecule has 0 spiro atoms. The van der Waals surface area contributed by atoms with E-state index >= 15 is 0 Å². The highest BCUT2D eigenvalue weighted by Gasteiger charge is 2.10. The van der Waals surface area contributed by atoms with Crippen LogP contribution in [0.1, 0.15) is 37.8 Å². The molecule has 0 unspecified atom stereocenters. The third-order valence-corrected chi connectivity index (χ3v) is 3.67. The third-order valence-electron chi connectivity index (χ3n) is 2.72. The van der Waals surface area contributed by atoms with Gasteiger partial charge in [-0.05, 0) is 42.9 Å². The van der Waals surface area contributed by atoms with Crippen LogP contribution >= 0.6 is 11.3 Å². The van der Waals surface area contributed by atoms with Crippen molar-refractivity contribution in [1.29, 1.82) is 0 Å². The van der Waals surface area contributed by atoms with Gasteiger partial charge >= 0.3 is 0 Å². The maximum atomic E-state index is 4.54. The molecule has 0 saturated heterocycles. The quantitative estimate of drug-likeness (QED) is 0.739. The van der Waals surface area contributed by atoms with Gasteiger partial charge in [0.1, 0.15) is 0 Å². The molecule has 1 aromatic carbocycles. The Kier molecular flexibility index (Phi) is 3.02. The van der Waals surface area contributed by atoms with E-state index in [-0.39, 0.29) is 0 Å². The molecule has 1 aromatic heterocycles. The van der Waals surface area contributed by atoms with Gasteiger partial charge in [0.05, 0.1) is 15.2 Å². The Labute approximate surface area is 102 Å². The highest BCUT2D eigenvalue weighted by atomic mass is 32.1. The van der Waals surface area contributed by atoms with Gasteiger partial charge in [-0.25, -0.2) is 4.98 Å². The molecule has 16 heavy (non-hydrogen) atoms. The Morgan fingerprint density at radius 3 is 2.69 bits per heavy atom. The standard InChI is InChI=1S/C14H19NS/c1-10-15-12-9-11(5-6-13(12)16-10)7-8-14(2,3)4/h5-6,9H,7-8H2,1-4H3. The molecular weight excluding hydrogens is 214 g/mol. The normalized spacial score (nSPS) is 12.2. The Morgan fingerprint density at radius 2 is 2.00 bits per heavy atom. The van der Waals surface area contributed by atoms with E-state index in [1.165, 1.54) is 16.7 Å². The van der Waals surface area contributed by atoms with Gasteiger partial charge in [0, 0.05) is 0 Å². The zero-order valence-electron chi connectivity index (χ0n) is 10.5. The number of nitrogens with zero attached hydrogens (tertiary/aromatic N) is 1. The third kappa shape index (κ3) is 2.82. The van der Waals surface area contributed by atoms with Crippen LogP contribution in [0.4, 0.5) is 0 Å². The van der Waals surface area contributed by atoms with Crippen molar-refractivity contribution >= 4 is 21.6 Å². The molecule has 0 fully saturated rings. The minimum atomic E-state index is 0.410. The van der Waals surface area contributed by atoms with Crippen LogP contribution in [0, 0.1) is 12.3 Å². The molecule has 2 rings (SSSR count). The van der Waals surface area contributed by atoms with E-state index in [1.54, 1.807) is 11.3 Å². The van der Waals surface area contributed by atoms with E-state index in [0.717, 1.165) is 16.9 Å². The van der Waals surface area contributed by atoms with Crippen LogP contribution in [-0.4, -0.2) is 4.98 Å². The zero-order valence-corrected chi connectivity index (χ0v) is 11.3. The number of aryl methyl sites for hydroxylation is 2. The van der Waals surface area contributed by atoms with Gasteiger partial charge in [-0.15, -0.1) is 11.3 Å². The van der Waals surface area contributed by atoms with Crippen LogP contribution in [0.15, 0.2) is 18.2 Å². The zero-order chi connectivity index (χ0) is 11.8. The molecule has 2 aromatic rings. The summed E-state index contributed by atoms with van der Waals surface area (Å²) in [6, 6.07) is 6.69. The topological polar surface area (TPSA) is 12.9 Å². The first kappa shape index (κ1) is 11.6. The Bertz CT molecular complexity index is 491. The van der Waals surface area contributed by atoms with Gasteiger partial charge in [0.15, 0.2) is 0 Å². The summed E-state index contributed by atoms with van der Waals surface area (Å²) >= 11 is 1.77. The first-order valence-electron chi connectivity index (χ1n) is 5.80. The summed E-state index contributed by atoms with van der Waals surface area (Å²) in [5.74, 6) is 0. The number of thiazole rings is 1. The van der Waals surface area contributed by atoms with Crippen LogP contribution in [0.25, 0.3) is 10.2 Å². The lowest BCUT2D eigenvalue weighted by Gasteiger charge is -2.17. The van der Waals surface area contributed by atoms with Gasteiger partial charge in [-0.1, -0.05) is 26.8 Å². The predicted molar refractivity (Wildman–Crippen MR) is 72.1 cm³/mol. The minimum absolute atomic E-state index is 0.410. The number of fused-ring (bicyclic) bond motifs is 1. The molecule has 0 N–H and O–H groups in total. The summed E-state index contributed by atoms with van der Waals surface area (Å²) in [6.07, 6.45) is 2.37. The summed E-state index contributed by atoms with van der Waals surface area (Å²) in [4.78, 5) is 4.54. The molecule has 1 nitrogen and oxygen atoms in total. The summed E-state index contributed by atoms with van der Waals surface area (Å²) in [5.41, 5.74) is 2.98. The van der Waals surface area contributed by atoms with Crippen LogP contribution in [-0.2, 0) is 6.42 Å². The second kappa shape index (κ2) is 4.17. The van der Waals surface area contributed by atoms with Gasteiger partial charge in [-0.3, -0.25) is 0 Å². The molecular formula is C14H19NS. The Hall–Kier alpha value is -0.890. The summed E-state index contributed by atoms with van der Waals surface area (Å²) in [6.45, 7) is 8.94. The van der Waals surface area contributed by atoms with Crippen molar-refractivity contribution in [2.75, 3.05) is 0 Å². The molecule has 0 aliphatic rings. The molecule has 86 valence electrons. The highest BCUT2D eigenvalue weighted by molar-refractivity contribution is 7.18. The van der Waals surface area contributed by atoms with Gasteiger partial charge in [0.25, 0.3) is 0 Å². The number of hydrogen-bond donors (Lipinski definition) is 0. The van der Waals surface area contributed by atoms with Crippen molar-refractivity contribution in [3.05, 3.63) is 28.8 Å². The SMILES string of the molecule is Cc1nc2cc(CCC(C)(C)C)ccc2s1. The molecule has 0 radical (unpaired) electrons. The second-order valence-electron chi connectivity index (χ2n) is 5.60. The smallest absolute Gasteiger partial charge is 0.0907 e. The fourth-order valence-electron chi connectivity index (χ4n) is 1.76. The maximum Gasteiger partial charge on any atom is 0.0907 e. The van der Waals surface area contributed by atoms with Gasteiger partial charge in [0.2, 0.25) is 0 Å². The number of benzene rings is 1. The molecule has 2 heteroatoms. The molecule has 0 saturated carbocycles. The van der Waals surface area contributed by atoms with Crippen molar-refractivity contribution in [3.63, 3.8) is 0 Å². The fourth-order valence-corrected chi connectivity index (χ4v) is 2.57. The molecule has 0 aliphatic heterocycles. The van der Waals surface area contributed by atoms with Gasteiger partial charge < -0.3 is 0 Å². The van der Waals surface area contributed by atoms with Gasteiger partial charge in [-0.2, -0.15) is 0 Å². The van der Waals surface area contributed by atoms with Crippen molar-refractivity contribution in [2.45, 2.75) is 40.5 Å². The van der Waals surface area contributed by atoms with Crippen LogP contribution in [0.2, 0.25) is 0 Å². The molecule has 0 amide bonds. The van der Waals surface area contributed by atoms with Crippen molar-refractivity contribution in [1.82, 2.24) is 4.98 Å². The number of rotatable bonds is 2. The van der Waals surface area contributed by atoms with Crippen molar-refractivity contribution in [3.8, 4) is 0 Å². The Balaban J connectivity index is 2.19. The Morgan fingerprint density at radius 1 is 1.25 bits per heavy atom. The van der Waals surface area contributed by atoms with E-state index in [1.807, 2.05) is 0 Å². The monoisotopic (exact) mass is 233 g/mol. The largest absolute Gasteiger partial charge is 0.242 e. The number of aromatic nitrogens is 1. The molecule has 1 heterocycles. The van der Waals surface area contributed by atoms with E-state index in [4.69, 9.17) is 0 Å². The van der Waals surface area contributed by atoms with Crippen LogP contribution in [0.5, 0.6) is 0 Å². The average molecular weight is 233 g/mol. The average Bonchev–Trinajstić information content (AvgIpc) is 2.52. The van der Waals surface area contributed by atoms with Crippen molar-refractivity contribution < 1.29 is 0 Å². The van der Waals surface area contributed by atoms with E-state index < -0.39 is 0 Å². The summed E-state index contributed by atoms with van der Waals surface area (Å²) in [7, 11) is 0. The van der Waals surface area contributed by atoms with Crippen LogP contribution < -0.4 is 0 Å². The number of hydrogen-bond acceptors (Lipinski definition) is 2. The summed E-state index contributed by atoms with van der Waals surface area (Å²) in [5, 5.41) is 1.16. The maximum absolute atomic E-state index is 4.54. The van der Waals surface area contributed by atoms with E-state index in [0.29, 0.717) is 5.41 Å². The first-order valence-corrected chi connectivity index (χ1v) is 6.62. The molecule has 0 atom stereocenters. The summed E-state index contributed by atoms with van der Waals surface area (Å²) < 4.78 is 1.30. The molecule has 0 aliphatic carbocycles. The fraction of sp³-hybridized carbons (Fsp3) is 0.500. The predicted octanol–water partition coefficient (Wildman–Crippen LogP) is 4.58. The van der Waals surface area contributed by atoms with Crippen molar-refractivity contribution in [2.24, 2.45) is 5.41 Å². The van der Waals surface area contributed by atoms with Crippen LogP contribution in [0.3, 0.4) is 0 Å². The first-order chi connectivity index (χ1) is 7.44. The lowest BCUT2D eigenvalue weighted by atomic mass is 9.89. The minimum Gasteiger partial charge on any atom is -0.242 e. The lowest BCUT2D eigenvalue weighted by Crippen LogP contribution is -2.06. The lowest BCUT2D eigenvalue weighted by molar-refractivity contribution is 0.378. The molecule has 0 bridgehead atoms. The van der Waals surface area contributed by atoms with E-state index in [9.17, 15) is 0 Å².